The molecule has 138 valence electrons. The molecule has 1 aliphatic carbocycles. The summed E-state index contributed by atoms with van der Waals surface area (Å²) in [4.78, 5) is 7.01. The van der Waals surface area contributed by atoms with E-state index in [1.54, 1.807) is 0 Å². The molecule has 1 aromatic rings. The van der Waals surface area contributed by atoms with Crippen molar-refractivity contribution < 1.29 is 4.74 Å². The molecule has 2 N–H and O–H groups in total. The molecule has 2 aliphatic heterocycles. The van der Waals surface area contributed by atoms with E-state index in [-0.39, 0.29) is 30.1 Å². The highest BCUT2D eigenvalue weighted by Gasteiger charge is 2.34. The van der Waals surface area contributed by atoms with Crippen molar-refractivity contribution in [1.82, 2.24) is 15.5 Å². The van der Waals surface area contributed by atoms with Gasteiger partial charge in [-0.1, -0.05) is 18.2 Å². The van der Waals surface area contributed by atoms with E-state index in [2.05, 4.69) is 32.7 Å². The summed E-state index contributed by atoms with van der Waals surface area (Å²) >= 11 is 0. The van der Waals surface area contributed by atoms with E-state index in [1.165, 1.54) is 37.9 Å². The number of hydrogen-bond acceptors (Lipinski definition) is 3. The number of guanidine groups is 1. The third-order valence-corrected chi connectivity index (χ3v) is 5.37. The number of nitrogens with zero attached hydrogens (tertiary/aromatic N) is 2. The van der Waals surface area contributed by atoms with Gasteiger partial charge in [0.15, 0.2) is 5.96 Å². The lowest BCUT2D eigenvalue weighted by Gasteiger charge is -2.18. The topological polar surface area (TPSA) is 48.9 Å². The normalized spacial score (nSPS) is 25.9. The first-order valence-electron chi connectivity index (χ1n) is 9.25. The third kappa shape index (κ3) is 4.78. The van der Waals surface area contributed by atoms with Crippen LogP contribution in [0.2, 0.25) is 0 Å². The molecule has 25 heavy (non-hydrogen) atoms. The van der Waals surface area contributed by atoms with Gasteiger partial charge in [0.25, 0.3) is 0 Å². The van der Waals surface area contributed by atoms with Crippen molar-refractivity contribution in [3.63, 3.8) is 0 Å². The summed E-state index contributed by atoms with van der Waals surface area (Å²) in [5.74, 6) is 2.66. The first-order valence-corrected chi connectivity index (χ1v) is 9.25. The van der Waals surface area contributed by atoms with Crippen molar-refractivity contribution in [3.05, 3.63) is 29.8 Å². The maximum atomic E-state index is 5.98. The maximum absolute atomic E-state index is 5.98. The summed E-state index contributed by atoms with van der Waals surface area (Å²) in [5.41, 5.74) is 1.30. The number of fused-ring (bicyclic) bond motifs is 1. The van der Waals surface area contributed by atoms with Crippen LogP contribution >= 0.6 is 24.0 Å². The lowest BCUT2D eigenvalue weighted by molar-refractivity contribution is 0.235. The number of hydrogen-bond donors (Lipinski definition) is 2. The van der Waals surface area contributed by atoms with E-state index in [1.807, 2.05) is 19.2 Å². The van der Waals surface area contributed by atoms with Crippen LogP contribution in [0.5, 0.6) is 5.75 Å². The highest BCUT2D eigenvalue weighted by atomic mass is 127. The molecule has 0 aromatic heterocycles. The van der Waals surface area contributed by atoms with E-state index in [0.717, 1.165) is 43.2 Å². The van der Waals surface area contributed by atoms with Gasteiger partial charge in [-0.3, -0.25) is 4.99 Å². The van der Waals surface area contributed by atoms with E-state index >= 15 is 0 Å². The SMILES string of the molecule is CN=C(NCC1CCN(C2CC2)C1)NCC1Cc2ccccc2O1.I. The zero-order valence-electron chi connectivity index (χ0n) is 14.9. The van der Waals surface area contributed by atoms with Crippen molar-refractivity contribution in [3.8, 4) is 5.75 Å². The Morgan fingerprint density at radius 1 is 1.20 bits per heavy atom. The van der Waals surface area contributed by atoms with E-state index in [4.69, 9.17) is 4.74 Å². The summed E-state index contributed by atoms with van der Waals surface area (Å²) in [6.45, 7) is 4.31. The number of ether oxygens (including phenoxy) is 1. The summed E-state index contributed by atoms with van der Waals surface area (Å²) < 4.78 is 5.98. The molecule has 2 unspecified atom stereocenters. The molecule has 5 nitrogen and oxygen atoms in total. The number of likely N-dealkylation sites (tertiary alicyclic amines) is 1. The quantitative estimate of drug-likeness (QED) is 0.406. The number of aliphatic imine (C=N–C) groups is 1. The minimum absolute atomic E-state index is 0. The van der Waals surface area contributed by atoms with Gasteiger partial charge < -0.3 is 20.3 Å². The standard InChI is InChI=1S/C19H28N4O.HI/c1-20-19(21-11-14-8-9-23(13-14)16-6-7-16)22-12-17-10-15-4-2-3-5-18(15)24-17;/h2-5,14,16-17H,6-13H2,1H3,(H2,20,21,22);1H. The average molecular weight is 456 g/mol. The second-order valence-corrected chi connectivity index (χ2v) is 7.27. The number of rotatable bonds is 5. The Kier molecular flexibility index (Phi) is 6.44. The van der Waals surface area contributed by atoms with Crippen molar-refractivity contribution in [2.24, 2.45) is 10.9 Å². The minimum atomic E-state index is 0. The molecule has 1 saturated carbocycles. The van der Waals surface area contributed by atoms with Crippen LogP contribution in [0.4, 0.5) is 0 Å². The van der Waals surface area contributed by atoms with Crippen molar-refractivity contribution in [1.29, 1.82) is 0 Å². The molecule has 0 amide bonds. The summed E-state index contributed by atoms with van der Waals surface area (Å²) in [6.07, 6.45) is 5.29. The predicted octanol–water partition coefficient (Wildman–Crippen LogP) is 2.26. The molecule has 1 saturated heterocycles. The van der Waals surface area contributed by atoms with Crippen LogP contribution in [0.25, 0.3) is 0 Å². The second-order valence-electron chi connectivity index (χ2n) is 7.27. The zero-order chi connectivity index (χ0) is 16.4. The summed E-state index contributed by atoms with van der Waals surface area (Å²) in [6, 6.07) is 9.20. The minimum Gasteiger partial charge on any atom is -0.488 e. The molecule has 0 spiro atoms. The molecular weight excluding hydrogens is 427 g/mol. The lowest BCUT2D eigenvalue weighted by Crippen LogP contribution is -2.44. The maximum Gasteiger partial charge on any atom is 0.191 e. The first-order chi connectivity index (χ1) is 11.8. The van der Waals surface area contributed by atoms with Gasteiger partial charge in [-0.15, -0.1) is 24.0 Å². The monoisotopic (exact) mass is 456 g/mol. The number of halogens is 1. The van der Waals surface area contributed by atoms with Gasteiger partial charge in [-0.25, -0.2) is 0 Å². The highest BCUT2D eigenvalue weighted by Crippen LogP contribution is 2.31. The van der Waals surface area contributed by atoms with Crippen molar-refractivity contribution in [2.75, 3.05) is 33.2 Å². The molecular formula is C19H29IN4O. The van der Waals surface area contributed by atoms with Gasteiger partial charge in [-0.05, 0) is 43.4 Å². The zero-order valence-corrected chi connectivity index (χ0v) is 17.2. The van der Waals surface area contributed by atoms with Crippen LogP contribution in [-0.4, -0.2) is 56.2 Å². The molecule has 6 heteroatoms. The van der Waals surface area contributed by atoms with Gasteiger partial charge in [0.2, 0.25) is 0 Å². The van der Waals surface area contributed by atoms with Crippen LogP contribution in [-0.2, 0) is 6.42 Å². The van der Waals surface area contributed by atoms with Crippen LogP contribution < -0.4 is 15.4 Å². The van der Waals surface area contributed by atoms with Crippen molar-refractivity contribution >= 4 is 29.9 Å². The smallest absolute Gasteiger partial charge is 0.191 e. The Morgan fingerprint density at radius 2 is 2.00 bits per heavy atom. The van der Waals surface area contributed by atoms with E-state index < -0.39 is 0 Å². The van der Waals surface area contributed by atoms with E-state index in [9.17, 15) is 0 Å². The molecule has 2 heterocycles. The van der Waals surface area contributed by atoms with Gasteiger partial charge in [0, 0.05) is 32.6 Å². The average Bonchev–Trinajstić information content (AvgIpc) is 3.20. The largest absolute Gasteiger partial charge is 0.488 e. The number of para-hydroxylation sites is 1. The Morgan fingerprint density at radius 3 is 2.76 bits per heavy atom. The molecule has 2 atom stereocenters. The summed E-state index contributed by atoms with van der Waals surface area (Å²) in [7, 11) is 1.84. The highest BCUT2D eigenvalue weighted by molar-refractivity contribution is 14.0. The molecule has 3 aliphatic rings. The Labute approximate surface area is 167 Å². The van der Waals surface area contributed by atoms with E-state index in [0.29, 0.717) is 0 Å². The first kappa shape index (κ1) is 18.8. The van der Waals surface area contributed by atoms with Gasteiger partial charge in [-0.2, -0.15) is 0 Å². The second kappa shape index (κ2) is 8.58. The van der Waals surface area contributed by atoms with Crippen LogP contribution in [0.1, 0.15) is 24.8 Å². The van der Waals surface area contributed by atoms with Crippen LogP contribution in [0.15, 0.2) is 29.3 Å². The summed E-state index contributed by atoms with van der Waals surface area (Å²) in [5, 5.41) is 6.91. The predicted molar refractivity (Wildman–Crippen MR) is 112 cm³/mol. The van der Waals surface area contributed by atoms with Gasteiger partial charge in [0.05, 0.1) is 6.54 Å². The van der Waals surface area contributed by atoms with Gasteiger partial charge in [0.1, 0.15) is 11.9 Å². The Bertz CT molecular complexity index is 580. The third-order valence-electron chi connectivity index (χ3n) is 5.37. The fourth-order valence-electron chi connectivity index (χ4n) is 3.84. The van der Waals surface area contributed by atoms with Crippen molar-refractivity contribution in [2.45, 2.75) is 37.8 Å². The fraction of sp³-hybridized carbons (Fsp3) is 0.632. The molecule has 4 rings (SSSR count). The van der Waals surface area contributed by atoms with Gasteiger partial charge >= 0.3 is 0 Å². The Balaban J connectivity index is 0.00000182. The molecule has 0 radical (unpaired) electrons. The van der Waals surface area contributed by atoms with Crippen LogP contribution in [0.3, 0.4) is 0 Å². The number of nitrogens with one attached hydrogen (secondary N) is 2. The molecule has 2 fully saturated rings. The lowest BCUT2D eigenvalue weighted by atomic mass is 10.1. The fourth-order valence-corrected chi connectivity index (χ4v) is 3.84. The van der Waals surface area contributed by atoms with Crippen LogP contribution in [0, 0.1) is 5.92 Å². The number of benzene rings is 1. The Hall–Kier alpha value is -1.02. The molecule has 1 aromatic carbocycles. The molecule has 0 bridgehead atoms.